The van der Waals surface area contributed by atoms with Gasteiger partial charge in [-0.15, -0.1) is 0 Å². The second-order valence-electron chi connectivity index (χ2n) is 3.77. The maximum absolute atomic E-state index is 3.40. The second-order valence-corrected chi connectivity index (χ2v) is 4.55. The average molecular weight is 210 g/mol. The number of rotatable bonds is 3. The summed E-state index contributed by atoms with van der Waals surface area (Å²) in [5.74, 6) is 0. The van der Waals surface area contributed by atoms with Crippen LogP contribution >= 0.6 is 11.3 Å². The van der Waals surface area contributed by atoms with Crippen LogP contribution in [0.2, 0.25) is 0 Å². The first-order valence-corrected chi connectivity index (χ1v) is 6.33. The van der Waals surface area contributed by atoms with Gasteiger partial charge in [0.05, 0.1) is 0 Å². The molecule has 1 aliphatic rings. The second kappa shape index (κ2) is 4.91. The topological polar surface area (TPSA) is 15.3 Å². The molecule has 1 aromatic heterocycles. The minimum Gasteiger partial charge on any atom is -0.314 e. The molecule has 0 saturated carbocycles. The Hall–Kier alpha value is -0.380. The van der Waals surface area contributed by atoms with Gasteiger partial charge >= 0.3 is 0 Å². The third kappa shape index (κ3) is 2.16. The molecule has 1 N–H and O–H groups in total. The highest BCUT2D eigenvalue weighted by Crippen LogP contribution is 2.25. The summed E-state index contributed by atoms with van der Waals surface area (Å²) in [5.41, 5.74) is 1.50. The molecule has 1 aliphatic heterocycles. The summed E-state index contributed by atoms with van der Waals surface area (Å²) >= 11 is 1.80. The van der Waals surface area contributed by atoms with Crippen molar-refractivity contribution in [3.63, 3.8) is 0 Å². The van der Waals surface area contributed by atoms with Crippen molar-refractivity contribution in [1.82, 2.24) is 10.2 Å². The third-order valence-corrected chi connectivity index (χ3v) is 3.61. The molecule has 2 heterocycles. The Balaban J connectivity index is 2.04. The van der Waals surface area contributed by atoms with Crippen molar-refractivity contribution in [3.05, 3.63) is 22.4 Å². The van der Waals surface area contributed by atoms with Gasteiger partial charge in [0.15, 0.2) is 0 Å². The summed E-state index contributed by atoms with van der Waals surface area (Å²) in [5, 5.41) is 7.87. The van der Waals surface area contributed by atoms with Crippen LogP contribution in [0.25, 0.3) is 0 Å². The van der Waals surface area contributed by atoms with Crippen LogP contribution in [0.1, 0.15) is 24.9 Å². The maximum Gasteiger partial charge on any atom is 0.0354 e. The fourth-order valence-corrected chi connectivity index (χ4v) is 2.87. The van der Waals surface area contributed by atoms with Gasteiger partial charge < -0.3 is 5.32 Å². The number of hydrogen-bond acceptors (Lipinski definition) is 3. The van der Waals surface area contributed by atoms with Crippen molar-refractivity contribution in [3.8, 4) is 0 Å². The quantitative estimate of drug-likeness (QED) is 0.822. The highest BCUT2D eigenvalue weighted by molar-refractivity contribution is 7.07. The summed E-state index contributed by atoms with van der Waals surface area (Å²) in [6.45, 7) is 6.94. The van der Waals surface area contributed by atoms with E-state index < -0.39 is 0 Å². The molecule has 0 aromatic carbocycles. The molecule has 1 aromatic rings. The van der Waals surface area contributed by atoms with E-state index in [1.54, 1.807) is 11.3 Å². The molecular weight excluding hydrogens is 192 g/mol. The van der Waals surface area contributed by atoms with Gasteiger partial charge in [0.2, 0.25) is 0 Å². The lowest BCUT2D eigenvalue weighted by molar-refractivity contribution is 0.170. The van der Waals surface area contributed by atoms with Gasteiger partial charge in [0.1, 0.15) is 0 Å². The van der Waals surface area contributed by atoms with Gasteiger partial charge in [0.25, 0.3) is 0 Å². The Bertz CT molecular complexity index is 252. The Labute approximate surface area is 89.9 Å². The zero-order chi connectivity index (χ0) is 9.80. The molecule has 2 rings (SSSR count). The van der Waals surface area contributed by atoms with Crippen molar-refractivity contribution in [2.75, 3.05) is 26.2 Å². The molecule has 1 saturated heterocycles. The summed E-state index contributed by atoms with van der Waals surface area (Å²) in [4.78, 5) is 2.60. The molecule has 0 aliphatic carbocycles. The van der Waals surface area contributed by atoms with E-state index in [1.807, 2.05) is 0 Å². The molecule has 0 unspecified atom stereocenters. The van der Waals surface area contributed by atoms with Crippen LogP contribution in [-0.2, 0) is 0 Å². The molecule has 3 heteroatoms. The highest BCUT2D eigenvalue weighted by Gasteiger charge is 2.20. The first-order chi connectivity index (χ1) is 6.92. The van der Waals surface area contributed by atoms with Gasteiger partial charge in [-0.3, -0.25) is 4.90 Å². The minimum absolute atomic E-state index is 0.642. The highest BCUT2D eigenvalue weighted by atomic mass is 32.1. The molecule has 0 amide bonds. The normalized spacial score (nSPS) is 20.9. The lowest BCUT2D eigenvalue weighted by Crippen LogP contribution is -2.44. The summed E-state index contributed by atoms with van der Waals surface area (Å²) in [6.07, 6.45) is 1.22. The molecule has 1 fully saturated rings. The van der Waals surface area contributed by atoms with Crippen LogP contribution in [0.15, 0.2) is 16.8 Å². The number of nitrogens with one attached hydrogen (secondary N) is 1. The van der Waals surface area contributed by atoms with Crippen LogP contribution < -0.4 is 5.32 Å². The maximum atomic E-state index is 3.40. The number of piperazine rings is 1. The molecule has 2 nitrogen and oxygen atoms in total. The van der Waals surface area contributed by atoms with Crippen LogP contribution in [-0.4, -0.2) is 31.1 Å². The van der Waals surface area contributed by atoms with Gasteiger partial charge in [-0.2, -0.15) is 11.3 Å². The monoisotopic (exact) mass is 210 g/mol. The van der Waals surface area contributed by atoms with Crippen molar-refractivity contribution in [1.29, 1.82) is 0 Å². The predicted octanol–water partition coefficient (Wildman–Crippen LogP) is 2.10. The summed E-state index contributed by atoms with van der Waals surface area (Å²) in [6, 6.07) is 2.91. The number of nitrogens with zero attached hydrogens (tertiary/aromatic N) is 1. The van der Waals surface area contributed by atoms with E-state index in [4.69, 9.17) is 0 Å². The Morgan fingerprint density at radius 2 is 2.29 bits per heavy atom. The summed E-state index contributed by atoms with van der Waals surface area (Å²) in [7, 11) is 0. The molecule has 78 valence electrons. The molecule has 1 atom stereocenters. The van der Waals surface area contributed by atoms with Gasteiger partial charge in [-0.1, -0.05) is 6.92 Å². The smallest absolute Gasteiger partial charge is 0.0354 e. The lowest BCUT2D eigenvalue weighted by atomic mass is 10.1. The number of thiophene rings is 1. The predicted molar refractivity (Wildman–Crippen MR) is 61.8 cm³/mol. The largest absolute Gasteiger partial charge is 0.314 e. The molecule has 14 heavy (non-hydrogen) atoms. The Morgan fingerprint density at radius 1 is 1.50 bits per heavy atom. The van der Waals surface area contributed by atoms with E-state index in [1.165, 1.54) is 25.1 Å². The first kappa shape index (κ1) is 10.1. The van der Waals surface area contributed by atoms with Gasteiger partial charge in [0, 0.05) is 32.2 Å². The standard InChI is InChI=1S/C11H18N2S/c1-2-11(10-3-8-14-9-10)13-6-4-12-5-7-13/h3,8-9,11-12H,2,4-7H2,1H3/t11-/m1/s1. The zero-order valence-electron chi connectivity index (χ0n) is 8.70. The van der Waals surface area contributed by atoms with Gasteiger partial charge in [-0.05, 0) is 28.8 Å². The number of hydrogen-bond donors (Lipinski definition) is 1. The molecule has 0 bridgehead atoms. The van der Waals surface area contributed by atoms with Gasteiger partial charge in [-0.25, -0.2) is 0 Å². The third-order valence-electron chi connectivity index (χ3n) is 2.91. The SMILES string of the molecule is CC[C@H](c1ccsc1)N1CCNCC1. The van der Waals surface area contributed by atoms with Crippen molar-refractivity contribution >= 4 is 11.3 Å². The van der Waals surface area contributed by atoms with E-state index in [0.29, 0.717) is 6.04 Å². The zero-order valence-corrected chi connectivity index (χ0v) is 9.52. The first-order valence-electron chi connectivity index (χ1n) is 5.38. The average Bonchev–Trinajstić information content (AvgIpc) is 2.74. The Morgan fingerprint density at radius 3 is 2.86 bits per heavy atom. The fourth-order valence-electron chi connectivity index (χ4n) is 2.16. The van der Waals surface area contributed by atoms with E-state index in [0.717, 1.165) is 13.1 Å². The van der Waals surface area contributed by atoms with Crippen LogP contribution in [0.3, 0.4) is 0 Å². The van der Waals surface area contributed by atoms with E-state index in [-0.39, 0.29) is 0 Å². The van der Waals surface area contributed by atoms with Crippen LogP contribution in [0.4, 0.5) is 0 Å². The molecule has 0 radical (unpaired) electrons. The van der Waals surface area contributed by atoms with E-state index >= 15 is 0 Å². The Kier molecular flexibility index (Phi) is 3.56. The van der Waals surface area contributed by atoms with Crippen molar-refractivity contribution in [2.45, 2.75) is 19.4 Å². The summed E-state index contributed by atoms with van der Waals surface area (Å²) < 4.78 is 0. The van der Waals surface area contributed by atoms with E-state index in [9.17, 15) is 0 Å². The van der Waals surface area contributed by atoms with E-state index in [2.05, 4.69) is 34.0 Å². The lowest BCUT2D eigenvalue weighted by Gasteiger charge is -2.34. The minimum atomic E-state index is 0.642. The fraction of sp³-hybridized carbons (Fsp3) is 0.636. The van der Waals surface area contributed by atoms with Crippen LogP contribution in [0, 0.1) is 0 Å². The molecule has 0 spiro atoms. The van der Waals surface area contributed by atoms with Crippen molar-refractivity contribution < 1.29 is 0 Å². The van der Waals surface area contributed by atoms with Crippen LogP contribution in [0.5, 0.6) is 0 Å². The molecular formula is C11H18N2S. The van der Waals surface area contributed by atoms with Crippen molar-refractivity contribution in [2.24, 2.45) is 0 Å².